The van der Waals surface area contributed by atoms with Gasteiger partial charge in [-0.2, -0.15) is 0 Å². The standard InChI is InChI=1S/C21H19F2N5O2/c1-13-17(30-21-26-11-14(22)12-27-21)7-3-10-28(13)20(29)18-15(5-2-6-16(18)23)19-24-8-4-9-25-19/h2,4-6,8-9,11-13,17H,3,7,10H2,1H3/t13-,17+/m0/s1. The number of halogens is 2. The molecule has 0 radical (unpaired) electrons. The van der Waals surface area contributed by atoms with Crippen molar-refractivity contribution in [2.45, 2.75) is 31.9 Å². The van der Waals surface area contributed by atoms with Crippen LogP contribution in [0.15, 0.2) is 49.1 Å². The van der Waals surface area contributed by atoms with Crippen LogP contribution in [0.2, 0.25) is 0 Å². The van der Waals surface area contributed by atoms with E-state index in [1.807, 2.05) is 6.92 Å². The quantitative estimate of drug-likeness (QED) is 0.655. The molecule has 0 bridgehead atoms. The van der Waals surface area contributed by atoms with Crippen molar-refractivity contribution in [2.24, 2.45) is 0 Å². The highest BCUT2D eigenvalue weighted by atomic mass is 19.1. The first kappa shape index (κ1) is 19.8. The number of amides is 1. The van der Waals surface area contributed by atoms with E-state index in [4.69, 9.17) is 4.74 Å². The summed E-state index contributed by atoms with van der Waals surface area (Å²) >= 11 is 0. The van der Waals surface area contributed by atoms with Gasteiger partial charge in [0.05, 0.1) is 24.0 Å². The summed E-state index contributed by atoms with van der Waals surface area (Å²) in [5.74, 6) is -1.39. The SMILES string of the molecule is C[C@H]1[C@H](Oc2ncc(F)cn2)CCCN1C(=O)c1c(F)cccc1-c1ncccn1. The Morgan fingerprint density at radius 3 is 2.57 bits per heavy atom. The highest BCUT2D eigenvalue weighted by Crippen LogP contribution is 2.28. The third-order valence-corrected chi connectivity index (χ3v) is 5.07. The molecule has 3 aromatic rings. The van der Waals surface area contributed by atoms with Gasteiger partial charge in [0.1, 0.15) is 11.9 Å². The molecule has 1 aromatic carbocycles. The predicted octanol–water partition coefficient (Wildman–Crippen LogP) is 3.28. The van der Waals surface area contributed by atoms with E-state index in [9.17, 15) is 13.6 Å². The Labute approximate surface area is 171 Å². The second-order valence-corrected chi connectivity index (χ2v) is 6.96. The Hall–Kier alpha value is -3.49. The van der Waals surface area contributed by atoms with Gasteiger partial charge in [0, 0.05) is 24.5 Å². The highest BCUT2D eigenvalue weighted by molar-refractivity contribution is 6.00. The Morgan fingerprint density at radius 2 is 1.83 bits per heavy atom. The first-order chi connectivity index (χ1) is 14.5. The number of nitrogens with zero attached hydrogens (tertiary/aromatic N) is 5. The van der Waals surface area contributed by atoms with Crippen molar-refractivity contribution in [3.05, 3.63) is 66.3 Å². The van der Waals surface area contributed by atoms with Gasteiger partial charge in [-0.25, -0.2) is 28.7 Å². The topological polar surface area (TPSA) is 81.1 Å². The van der Waals surface area contributed by atoms with Crippen molar-refractivity contribution >= 4 is 5.91 Å². The molecule has 30 heavy (non-hydrogen) atoms. The largest absolute Gasteiger partial charge is 0.458 e. The molecule has 1 amide bonds. The smallest absolute Gasteiger partial charge is 0.316 e. The maximum absolute atomic E-state index is 14.8. The molecule has 2 atom stereocenters. The van der Waals surface area contributed by atoms with Crippen molar-refractivity contribution in [3.63, 3.8) is 0 Å². The minimum absolute atomic E-state index is 0.0341. The molecule has 0 N–H and O–H groups in total. The molecule has 9 heteroatoms. The molecular formula is C21H19F2N5O2. The molecule has 4 rings (SSSR count). The number of piperidine rings is 1. The number of rotatable bonds is 4. The average Bonchev–Trinajstić information content (AvgIpc) is 2.77. The molecule has 1 aliphatic rings. The van der Waals surface area contributed by atoms with Crippen LogP contribution in [-0.2, 0) is 0 Å². The molecule has 0 saturated carbocycles. The van der Waals surface area contributed by atoms with Crippen LogP contribution in [0, 0.1) is 11.6 Å². The zero-order valence-corrected chi connectivity index (χ0v) is 16.2. The second-order valence-electron chi connectivity index (χ2n) is 6.96. The van der Waals surface area contributed by atoms with Crippen molar-refractivity contribution in [2.75, 3.05) is 6.54 Å². The molecule has 154 valence electrons. The molecule has 0 spiro atoms. The van der Waals surface area contributed by atoms with Gasteiger partial charge in [-0.3, -0.25) is 4.79 Å². The lowest BCUT2D eigenvalue weighted by Crippen LogP contribution is -2.51. The van der Waals surface area contributed by atoms with E-state index < -0.39 is 23.6 Å². The molecule has 1 saturated heterocycles. The zero-order chi connectivity index (χ0) is 21.1. The highest BCUT2D eigenvalue weighted by Gasteiger charge is 2.35. The average molecular weight is 411 g/mol. The van der Waals surface area contributed by atoms with E-state index in [1.165, 1.54) is 24.5 Å². The van der Waals surface area contributed by atoms with Crippen LogP contribution in [0.3, 0.4) is 0 Å². The molecule has 7 nitrogen and oxygen atoms in total. The number of likely N-dealkylation sites (tertiary alicyclic amines) is 1. The van der Waals surface area contributed by atoms with Crippen LogP contribution in [0.25, 0.3) is 11.4 Å². The predicted molar refractivity (Wildman–Crippen MR) is 104 cm³/mol. The molecule has 0 unspecified atom stereocenters. The van der Waals surface area contributed by atoms with Crippen LogP contribution in [0.5, 0.6) is 6.01 Å². The summed E-state index contributed by atoms with van der Waals surface area (Å²) in [6, 6.07) is 5.71. The summed E-state index contributed by atoms with van der Waals surface area (Å²) in [6.07, 6.45) is 6.03. The van der Waals surface area contributed by atoms with Crippen molar-refractivity contribution < 1.29 is 18.3 Å². The monoisotopic (exact) mass is 411 g/mol. The van der Waals surface area contributed by atoms with Crippen molar-refractivity contribution in [1.82, 2.24) is 24.8 Å². The number of hydrogen-bond acceptors (Lipinski definition) is 6. The fraction of sp³-hybridized carbons (Fsp3) is 0.286. The molecule has 2 aromatic heterocycles. The summed E-state index contributed by atoms with van der Waals surface area (Å²) in [7, 11) is 0. The van der Waals surface area contributed by atoms with Gasteiger partial charge < -0.3 is 9.64 Å². The molecule has 3 heterocycles. The van der Waals surface area contributed by atoms with Crippen LogP contribution < -0.4 is 4.74 Å². The van der Waals surface area contributed by atoms with Crippen LogP contribution in [0.1, 0.15) is 30.1 Å². The van der Waals surface area contributed by atoms with Crippen LogP contribution in [-0.4, -0.2) is 49.4 Å². The van der Waals surface area contributed by atoms with Crippen LogP contribution >= 0.6 is 0 Å². The van der Waals surface area contributed by atoms with Crippen molar-refractivity contribution in [1.29, 1.82) is 0 Å². The summed E-state index contributed by atoms with van der Waals surface area (Å²) in [6.45, 7) is 2.28. The van der Waals surface area contributed by atoms with Gasteiger partial charge in [-0.1, -0.05) is 12.1 Å². The number of ether oxygens (including phenoxy) is 1. The minimum Gasteiger partial charge on any atom is -0.458 e. The van der Waals surface area contributed by atoms with Gasteiger partial charge in [-0.05, 0) is 31.9 Å². The summed E-state index contributed by atoms with van der Waals surface area (Å²) in [4.78, 5) is 30.9. The molecule has 0 aliphatic carbocycles. The van der Waals surface area contributed by atoms with Crippen molar-refractivity contribution in [3.8, 4) is 17.4 Å². The first-order valence-electron chi connectivity index (χ1n) is 9.55. The van der Waals surface area contributed by atoms with E-state index in [0.717, 1.165) is 12.4 Å². The number of benzene rings is 1. The lowest BCUT2D eigenvalue weighted by molar-refractivity contribution is 0.0245. The molecule has 1 fully saturated rings. The van der Waals surface area contributed by atoms with Gasteiger partial charge in [-0.15, -0.1) is 0 Å². The lowest BCUT2D eigenvalue weighted by atomic mass is 9.97. The second kappa shape index (κ2) is 8.48. The van der Waals surface area contributed by atoms with E-state index in [2.05, 4.69) is 19.9 Å². The number of carbonyl (C=O) groups is 1. The zero-order valence-electron chi connectivity index (χ0n) is 16.2. The number of aromatic nitrogens is 4. The van der Waals surface area contributed by atoms with Gasteiger partial charge in [0.15, 0.2) is 11.6 Å². The van der Waals surface area contributed by atoms with Gasteiger partial charge >= 0.3 is 6.01 Å². The number of carbonyl (C=O) groups excluding carboxylic acids is 1. The Balaban J connectivity index is 1.61. The third kappa shape index (κ3) is 3.96. The Bertz CT molecular complexity index is 1030. The van der Waals surface area contributed by atoms with E-state index in [-0.39, 0.29) is 23.4 Å². The van der Waals surface area contributed by atoms with E-state index >= 15 is 0 Å². The minimum atomic E-state index is -0.637. The fourth-order valence-electron chi connectivity index (χ4n) is 3.56. The van der Waals surface area contributed by atoms with E-state index in [1.54, 1.807) is 17.0 Å². The number of hydrogen-bond donors (Lipinski definition) is 0. The summed E-state index contributed by atoms with van der Waals surface area (Å²) in [5.41, 5.74) is 0.256. The molecular weight excluding hydrogens is 392 g/mol. The maximum atomic E-state index is 14.8. The lowest BCUT2D eigenvalue weighted by Gasteiger charge is -2.39. The summed E-state index contributed by atoms with van der Waals surface area (Å²) < 4.78 is 33.6. The Kier molecular flexibility index (Phi) is 5.60. The molecule has 1 aliphatic heterocycles. The first-order valence-corrected chi connectivity index (χ1v) is 9.55. The van der Waals surface area contributed by atoms with Crippen LogP contribution in [0.4, 0.5) is 8.78 Å². The van der Waals surface area contributed by atoms with Gasteiger partial charge in [0.2, 0.25) is 0 Å². The third-order valence-electron chi connectivity index (χ3n) is 5.07. The summed E-state index contributed by atoms with van der Waals surface area (Å²) in [5, 5.41) is 0. The maximum Gasteiger partial charge on any atom is 0.316 e. The van der Waals surface area contributed by atoms with Gasteiger partial charge in [0.25, 0.3) is 5.91 Å². The fourth-order valence-corrected chi connectivity index (χ4v) is 3.56. The van der Waals surface area contributed by atoms with E-state index in [0.29, 0.717) is 24.9 Å². The Morgan fingerprint density at radius 1 is 1.10 bits per heavy atom. The normalized spacial score (nSPS) is 18.8.